The lowest BCUT2D eigenvalue weighted by Crippen LogP contribution is -2.60. The molecule has 0 bridgehead atoms. The number of carboxylic acids is 1. The van der Waals surface area contributed by atoms with Crippen molar-refractivity contribution in [1.82, 2.24) is 4.90 Å². The van der Waals surface area contributed by atoms with E-state index in [1.54, 1.807) is 6.92 Å². The van der Waals surface area contributed by atoms with Gasteiger partial charge in [0.2, 0.25) is 5.91 Å². The van der Waals surface area contributed by atoms with Gasteiger partial charge in [-0.15, -0.1) is 11.8 Å². The van der Waals surface area contributed by atoms with Crippen molar-refractivity contribution in [2.75, 3.05) is 0 Å². The molecule has 2 N–H and O–H groups in total. The number of rotatable bonds is 5. The van der Waals surface area contributed by atoms with Crippen LogP contribution < -0.4 is 4.57 Å². The first-order valence-corrected chi connectivity index (χ1v) is 9.94. The average Bonchev–Trinajstić information content (AvgIpc) is 3.17. The third-order valence-electron chi connectivity index (χ3n) is 5.69. The zero-order valence-corrected chi connectivity index (χ0v) is 15.4. The van der Waals surface area contributed by atoms with Gasteiger partial charge >= 0.3 is 5.97 Å². The van der Waals surface area contributed by atoms with Crippen LogP contribution in [-0.2, 0) is 16.1 Å². The van der Waals surface area contributed by atoms with Gasteiger partial charge in [-0.25, -0.2) is 9.36 Å². The summed E-state index contributed by atoms with van der Waals surface area (Å²) < 4.78 is 2.17. The Bertz CT molecular complexity index is 764. The number of amides is 1. The lowest BCUT2D eigenvalue weighted by molar-refractivity contribution is -0.703. The predicted molar refractivity (Wildman–Crippen MR) is 95.5 cm³/mol. The van der Waals surface area contributed by atoms with Gasteiger partial charge in [-0.3, -0.25) is 9.69 Å². The fourth-order valence-electron chi connectivity index (χ4n) is 4.43. The topological polar surface area (TPSA) is 81.7 Å². The number of thioether (sulfide) groups is 1. The average molecular weight is 375 g/mol. The SMILES string of the molecule is C[C@@H](O)[C@H]1C(=O)N2C(C(=O)O)=C(C3CCC(C[n+]4ccccc4)C3)S[C@H]12. The molecular weight excluding hydrogens is 352 g/mol. The van der Waals surface area contributed by atoms with Gasteiger partial charge in [-0.05, 0) is 32.1 Å². The third kappa shape index (κ3) is 2.83. The Morgan fingerprint density at radius 3 is 2.73 bits per heavy atom. The largest absolute Gasteiger partial charge is 0.477 e. The van der Waals surface area contributed by atoms with Gasteiger partial charge in [0.1, 0.15) is 11.1 Å². The number of carbonyl (C=O) groups is 2. The summed E-state index contributed by atoms with van der Waals surface area (Å²) in [7, 11) is 0. The summed E-state index contributed by atoms with van der Waals surface area (Å²) in [5.74, 6) is -1.10. The van der Waals surface area contributed by atoms with Crippen molar-refractivity contribution >= 4 is 23.6 Å². The number of aliphatic hydroxyl groups is 1. The highest BCUT2D eigenvalue weighted by Crippen LogP contribution is 2.55. The predicted octanol–water partition coefficient (Wildman–Crippen LogP) is 1.60. The van der Waals surface area contributed by atoms with Crippen LogP contribution in [-0.4, -0.2) is 38.5 Å². The summed E-state index contributed by atoms with van der Waals surface area (Å²) >= 11 is 1.48. The van der Waals surface area contributed by atoms with Gasteiger partial charge in [0.25, 0.3) is 0 Å². The zero-order valence-electron chi connectivity index (χ0n) is 14.6. The molecule has 0 aromatic carbocycles. The van der Waals surface area contributed by atoms with E-state index < -0.39 is 18.0 Å². The van der Waals surface area contributed by atoms with E-state index in [-0.39, 0.29) is 22.9 Å². The molecule has 3 heterocycles. The molecule has 26 heavy (non-hydrogen) atoms. The summed E-state index contributed by atoms with van der Waals surface area (Å²) in [5.41, 5.74) is 0.153. The molecule has 1 aromatic rings. The summed E-state index contributed by atoms with van der Waals surface area (Å²) in [6.45, 7) is 2.53. The Balaban J connectivity index is 1.51. The maximum Gasteiger partial charge on any atom is 0.353 e. The summed E-state index contributed by atoms with van der Waals surface area (Å²) in [6.07, 6.45) is 6.30. The van der Waals surface area contributed by atoms with E-state index in [0.717, 1.165) is 30.7 Å². The number of β-lactam (4-membered cyclic amide) rings is 1. The summed E-state index contributed by atoms with van der Waals surface area (Å²) in [6, 6.07) is 6.01. The van der Waals surface area contributed by atoms with E-state index in [9.17, 15) is 19.8 Å². The molecule has 4 rings (SSSR count). The molecule has 5 atom stereocenters. The molecule has 7 heteroatoms. The lowest BCUT2D eigenvalue weighted by Gasteiger charge is -2.43. The van der Waals surface area contributed by atoms with E-state index in [1.165, 1.54) is 16.7 Å². The zero-order chi connectivity index (χ0) is 18.4. The first kappa shape index (κ1) is 17.5. The smallest absolute Gasteiger partial charge is 0.353 e. The van der Waals surface area contributed by atoms with Crippen LogP contribution in [0, 0.1) is 17.8 Å². The summed E-state index contributed by atoms with van der Waals surface area (Å²) in [4.78, 5) is 26.4. The highest BCUT2D eigenvalue weighted by Gasteiger charge is 2.58. The van der Waals surface area contributed by atoms with Crippen LogP contribution in [0.3, 0.4) is 0 Å². The van der Waals surface area contributed by atoms with Gasteiger partial charge < -0.3 is 10.2 Å². The maximum absolute atomic E-state index is 12.3. The molecule has 138 valence electrons. The molecule has 3 aliphatic rings. The molecule has 1 saturated heterocycles. The number of carbonyl (C=O) groups excluding carboxylic acids is 1. The number of aliphatic carboxylic acids is 1. The van der Waals surface area contributed by atoms with Crippen molar-refractivity contribution < 1.29 is 24.4 Å². The van der Waals surface area contributed by atoms with Gasteiger partial charge in [0.05, 0.1) is 12.0 Å². The molecular formula is C19H23N2O4S+. The molecule has 2 fully saturated rings. The van der Waals surface area contributed by atoms with Crippen molar-refractivity contribution in [1.29, 1.82) is 0 Å². The monoisotopic (exact) mass is 375 g/mol. The number of aliphatic hydroxyl groups excluding tert-OH is 1. The van der Waals surface area contributed by atoms with Crippen LogP contribution in [0.5, 0.6) is 0 Å². The van der Waals surface area contributed by atoms with Gasteiger partial charge in [0.15, 0.2) is 18.9 Å². The normalized spacial score (nSPS) is 31.8. The number of hydrogen-bond acceptors (Lipinski definition) is 4. The van der Waals surface area contributed by atoms with E-state index in [0.29, 0.717) is 5.92 Å². The van der Waals surface area contributed by atoms with E-state index >= 15 is 0 Å². The first-order valence-electron chi connectivity index (χ1n) is 9.06. The maximum atomic E-state index is 12.3. The lowest BCUT2D eigenvalue weighted by atomic mass is 9.91. The van der Waals surface area contributed by atoms with Crippen molar-refractivity contribution in [3.63, 3.8) is 0 Å². The Morgan fingerprint density at radius 1 is 1.35 bits per heavy atom. The first-order chi connectivity index (χ1) is 12.5. The number of fused-ring (bicyclic) bond motifs is 1. The molecule has 1 amide bonds. The second-order valence-electron chi connectivity index (χ2n) is 7.45. The van der Waals surface area contributed by atoms with Crippen molar-refractivity contribution in [2.24, 2.45) is 17.8 Å². The van der Waals surface area contributed by atoms with Crippen LogP contribution in [0.4, 0.5) is 0 Å². The second-order valence-corrected chi connectivity index (χ2v) is 8.61. The molecule has 1 aromatic heterocycles. The van der Waals surface area contributed by atoms with Crippen LogP contribution in [0.25, 0.3) is 0 Å². The molecule has 1 saturated carbocycles. The number of pyridine rings is 1. The molecule has 2 unspecified atom stereocenters. The van der Waals surface area contributed by atoms with Crippen molar-refractivity contribution in [3.05, 3.63) is 41.2 Å². The number of allylic oxidation sites excluding steroid dienone is 1. The van der Waals surface area contributed by atoms with E-state index in [2.05, 4.69) is 17.0 Å². The minimum Gasteiger partial charge on any atom is -0.477 e. The minimum absolute atomic E-state index is 0.153. The number of carboxylic acid groups (broad SMARTS) is 1. The van der Waals surface area contributed by atoms with Gasteiger partial charge in [-0.2, -0.15) is 0 Å². The number of aromatic nitrogens is 1. The number of hydrogen-bond donors (Lipinski definition) is 2. The molecule has 6 nitrogen and oxygen atoms in total. The summed E-state index contributed by atoms with van der Waals surface area (Å²) in [5, 5.41) is 19.3. The Morgan fingerprint density at radius 2 is 2.08 bits per heavy atom. The Hall–Kier alpha value is -1.86. The van der Waals surface area contributed by atoms with Crippen LogP contribution in [0.2, 0.25) is 0 Å². The molecule has 0 spiro atoms. The van der Waals surface area contributed by atoms with Crippen LogP contribution in [0.15, 0.2) is 41.2 Å². The van der Waals surface area contributed by atoms with E-state index in [1.807, 2.05) is 18.2 Å². The fraction of sp³-hybridized carbons (Fsp3) is 0.526. The molecule has 0 radical (unpaired) electrons. The van der Waals surface area contributed by atoms with Crippen LogP contribution >= 0.6 is 11.8 Å². The van der Waals surface area contributed by atoms with Crippen molar-refractivity contribution in [3.8, 4) is 0 Å². The highest BCUT2D eigenvalue weighted by molar-refractivity contribution is 8.04. The van der Waals surface area contributed by atoms with Crippen LogP contribution in [0.1, 0.15) is 26.2 Å². The van der Waals surface area contributed by atoms with Crippen molar-refractivity contribution in [2.45, 2.75) is 44.2 Å². The second kappa shape index (κ2) is 6.70. The van der Waals surface area contributed by atoms with E-state index in [4.69, 9.17) is 0 Å². The highest BCUT2D eigenvalue weighted by atomic mass is 32.2. The fourth-order valence-corrected chi connectivity index (χ4v) is 6.20. The Kier molecular flexibility index (Phi) is 4.52. The molecule has 1 aliphatic carbocycles. The number of nitrogens with zero attached hydrogens (tertiary/aromatic N) is 2. The molecule has 2 aliphatic heterocycles. The quantitative estimate of drug-likeness (QED) is 0.603. The Labute approximate surface area is 156 Å². The van der Waals surface area contributed by atoms with Gasteiger partial charge in [0, 0.05) is 23.0 Å². The standard InChI is InChI=1S/C19H22N2O4S/c1-11(22)14-17(23)21-15(19(24)25)16(26-18(14)21)13-6-5-12(9-13)10-20-7-3-2-4-8-20/h2-4,7-8,11-14,18,22H,5-6,9-10H2,1H3/p+1/t11-,12?,13?,14+,18-/m1/s1. The third-order valence-corrected chi connectivity index (χ3v) is 7.21. The van der Waals surface area contributed by atoms with Gasteiger partial charge in [-0.1, -0.05) is 6.07 Å². The minimum atomic E-state index is -1.03.